The number of amides is 2. The zero-order valence-electron chi connectivity index (χ0n) is 15.3. The van der Waals surface area contributed by atoms with Crippen molar-refractivity contribution in [3.8, 4) is 0 Å². The monoisotopic (exact) mass is 364 g/mol. The van der Waals surface area contributed by atoms with Gasteiger partial charge < -0.3 is 15.0 Å². The maximum absolute atomic E-state index is 12.8. The van der Waals surface area contributed by atoms with E-state index in [0.29, 0.717) is 26.2 Å². The van der Waals surface area contributed by atoms with Gasteiger partial charge in [-0.2, -0.15) is 0 Å². The molecule has 1 N–H and O–H groups in total. The molecule has 5 nitrogen and oxygen atoms in total. The largest absolute Gasteiger partial charge is 0.385 e. The minimum absolute atomic E-state index is 0.00484. The summed E-state index contributed by atoms with van der Waals surface area (Å²) in [5, 5.41) is 2.96. The Morgan fingerprint density at radius 3 is 2.68 bits per heavy atom. The number of aryl methyl sites for hydroxylation is 1. The summed E-state index contributed by atoms with van der Waals surface area (Å²) in [6.07, 6.45) is 4.28. The minimum atomic E-state index is 0.00484. The molecule has 1 aliphatic rings. The number of piperidine rings is 1. The molecule has 1 aromatic carbocycles. The van der Waals surface area contributed by atoms with E-state index in [0.717, 1.165) is 35.3 Å². The number of carbonyl (C=O) groups excluding carboxylic acids is 2. The number of carbonyl (C=O) groups is 2. The van der Waals surface area contributed by atoms with Gasteiger partial charge in [-0.25, -0.2) is 0 Å². The molecule has 0 aliphatic carbocycles. The van der Waals surface area contributed by atoms with Crippen LogP contribution in [-0.4, -0.2) is 56.3 Å². The lowest BCUT2D eigenvalue weighted by Gasteiger charge is -2.31. The van der Waals surface area contributed by atoms with Gasteiger partial charge in [0.1, 0.15) is 0 Å². The lowest BCUT2D eigenvalue weighted by atomic mass is 9.95. The van der Waals surface area contributed by atoms with Gasteiger partial charge in [-0.1, -0.05) is 6.07 Å². The molecule has 0 radical (unpaired) electrons. The summed E-state index contributed by atoms with van der Waals surface area (Å²) in [4.78, 5) is 28.0. The Kier molecular flexibility index (Phi) is 7.78. The van der Waals surface area contributed by atoms with Gasteiger partial charge in [0.05, 0.1) is 0 Å². The topological polar surface area (TPSA) is 58.6 Å². The van der Waals surface area contributed by atoms with E-state index in [4.69, 9.17) is 4.74 Å². The number of rotatable bonds is 7. The van der Waals surface area contributed by atoms with Crippen molar-refractivity contribution in [3.63, 3.8) is 0 Å². The van der Waals surface area contributed by atoms with Crippen LogP contribution in [0.25, 0.3) is 0 Å². The Hall–Kier alpha value is -1.53. The summed E-state index contributed by atoms with van der Waals surface area (Å²) in [6, 6.07) is 6.01. The Morgan fingerprint density at radius 1 is 1.32 bits per heavy atom. The standard InChI is InChI=1S/C19H28N2O3S/c1-14-5-6-16(25-3)13-17(14)19(23)21-10-7-15(8-11-21)18(22)20-9-4-12-24-2/h5-6,13,15H,4,7-12H2,1-3H3,(H,20,22). The number of nitrogens with one attached hydrogen (secondary N) is 1. The Bertz CT molecular complexity index is 598. The molecule has 138 valence electrons. The Balaban J connectivity index is 1.87. The zero-order valence-corrected chi connectivity index (χ0v) is 16.2. The van der Waals surface area contributed by atoms with Gasteiger partial charge >= 0.3 is 0 Å². The zero-order chi connectivity index (χ0) is 18.2. The van der Waals surface area contributed by atoms with E-state index >= 15 is 0 Å². The van der Waals surface area contributed by atoms with Gasteiger partial charge in [0.2, 0.25) is 5.91 Å². The van der Waals surface area contributed by atoms with E-state index in [1.807, 2.05) is 36.3 Å². The number of likely N-dealkylation sites (tertiary alicyclic amines) is 1. The first-order valence-electron chi connectivity index (χ1n) is 8.77. The fourth-order valence-electron chi connectivity index (χ4n) is 3.05. The third-order valence-corrected chi connectivity index (χ3v) is 5.38. The molecule has 0 unspecified atom stereocenters. The fraction of sp³-hybridized carbons (Fsp3) is 0.579. The SMILES string of the molecule is COCCCNC(=O)C1CCN(C(=O)c2cc(SC)ccc2C)CC1. The number of benzene rings is 1. The van der Waals surface area contributed by atoms with Crippen molar-refractivity contribution in [1.29, 1.82) is 0 Å². The Labute approximate surface area is 154 Å². The van der Waals surface area contributed by atoms with Crippen LogP contribution >= 0.6 is 11.8 Å². The van der Waals surface area contributed by atoms with Crippen LogP contribution in [0.2, 0.25) is 0 Å². The molecular weight excluding hydrogens is 336 g/mol. The molecule has 2 rings (SSSR count). The third-order valence-electron chi connectivity index (χ3n) is 4.65. The van der Waals surface area contributed by atoms with E-state index in [2.05, 4.69) is 5.32 Å². The van der Waals surface area contributed by atoms with Crippen molar-refractivity contribution in [2.24, 2.45) is 5.92 Å². The van der Waals surface area contributed by atoms with Crippen LogP contribution in [0.1, 0.15) is 35.2 Å². The minimum Gasteiger partial charge on any atom is -0.385 e. The number of thioether (sulfide) groups is 1. The van der Waals surface area contributed by atoms with Crippen molar-refractivity contribution in [2.75, 3.05) is 39.6 Å². The molecule has 1 fully saturated rings. The summed E-state index contributed by atoms with van der Waals surface area (Å²) in [6.45, 7) is 4.54. The van der Waals surface area contributed by atoms with Crippen LogP contribution in [-0.2, 0) is 9.53 Å². The Morgan fingerprint density at radius 2 is 2.04 bits per heavy atom. The van der Waals surface area contributed by atoms with E-state index in [1.54, 1.807) is 18.9 Å². The van der Waals surface area contributed by atoms with Crippen molar-refractivity contribution in [1.82, 2.24) is 10.2 Å². The van der Waals surface area contributed by atoms with Gasteiger partial charge in [-0.15, -0.1) is 11.8 Å². The van der Waals surface area contributed by atoms with Crippen molar-refractivity contribution in [3.05, 3.63) is 29.3 Å². The lowest BCUT2D eigenvalue weighted by Crippen LogP contribution is -2.43. The molecule has 0 spiro atoms. The number of hydrogen-bond acceptors (Lipinski definition) is 4. The predicted octanol–water partition coefficient (Wildman–Crippen LogP) is 2.72. The van der Waals surface area contributed by atoms with Gasteiger partial charge in [0, 0.05) is 49.7 Å². The van der Waals surface area contributed by atoms with Gasteiger partial charge in [0.15, 0.2) is 0 Å². The second-order valence-electron chi connectivity index (χ2n) is 6.38. The average molecular weight is 365 g/mol. The normalized spacial score (nSPS) is 15.2. The second-order valence-corrected chi connectivity index (χ2v) is 7.26. The molecule has 0 saturated carbocycles. The molecular formula is C19H28N2O3S. The van der Waals surface area contributed by atoms with E-state index in [1.165, 1.54) is 0 Å². The summed E-state index contributed by atoms with van der Waals surface area (Å²) in [5.41, 5.74) is 1.77. The van der Waals surface area contributed by atoms with Crippen LogP contribution in [0.15, 0.2) is 23.1 Å². The molecule has 0 atom stereocenters. The average Bonchev–Trinajstić information content (AvgIpc) is 2.65. The highest BCUT2D eigenvalue weighted by molar-refractivity contribution is 7.98. The number of nitrogens with zero attached hydrogens (tertiary/aromatic N) is 1. The van der Waals surface area contributed by atoms with Crippen LogP contribution in [0.5, 0.6) is 0 Å². The van der Waals surface area contributed by atoms with E-state index < -0.39 is 0 Å². The molecule has 1 saturated heterocycles. The first-order chi connectivity index (χ1) is 12.1. The second kappa shape index (κ2) is 9.82. The smallest absolute Gasteiger partial charge is 0.254 e. The highest BCUT2D eigenvalue weighted by atomic mass is 32.2. The number of hydrogen-bond donors (Lipinski definition) is 1. The highest BCUT2D eigenvalue weighted by Gasteiger charge is 2.28. The summed E-state index contributed by atoms with van der Waals surface area (Å²) < 4.78 is 4.98. The third kappa shape index (κ3) is 5.47. The summed E-state index contributed by atoms with van der Waals surface area (Å²) in [7, 11) is 1.66. The number of methoxy groups -OCH3 is 1. The molecule has 1 aromatic rings. The summed E-state index contributed by atoms with van der Waals surface area (Å²) >= 11 is 1.64. The maximum atomic E-state index is 12.8. The molecule has 1 heterocycles. The summed E-state index contributed by atoms with van der Waals surface area (Å²) in [5.74, 6) is 0.182. The van der Waals surface area contributed by atoms with Crippen molar-refractivity contribution >= 4 is 23.6 Å². The lowest BCUT2D eigenvalue weighted by molar-refractivity contribution is -0.126. The first kappa shape index (κ1) is 19.8. The molecule has 25 heavy (non-hydrogen) atoms. The van der Waals surface area contributed by atoms with Gasteiger partial charge in [0.25, 0.3) is 5.91 Å². The van der Waals surface area contributed by atoms with Crippen LogP contribution in [0, 0.1) is 12.8 Å². The molecule has 0 bridgehead atoms. The van der Waals surface area contributed by atoms with Crippen molar-refractivity contribution < 1.29 is 14.3 Å². The maximum Gasteiger partial charge on any atom is 0.254 e. The fourth-order valence-corrected chi connectivity index (χ4v) is 3.49. The van der Waals surface area contributed by atoms with Crippen LogP contribution in [0.3, 0.4) is 0 Å². The van der Waals surface area contributed by atoms with E-state index in [9.17, 15) is 9.59 Å². The van der Waals surface area contributed by atoms with Gasteiger partial charge in [-0.05, 0) is 50.1 Å². The van der Waals surface area contributed by atoms with Crippen LogP contribution in [0.4, 0.5) is 0 Å². The molecule has 0 aromatic heterocycles. The predicted molar refractivity (Wildman–Crippen MR) is 101 cm³/mol. The highest BCUT2D eigenvalue weighted by Crippen LogP contribution is 2.23. The van der Waals surface area contributed by atoms with E-state index in [-0.39, 0.29) is 17.7 Å². The number of ether oxygens (including phenoxy) is 1. The molecule has 1 aliphatic heterocycles. The van der Waals surface area contributed by atoms with Gasteiger partial charge in [-0.3, -0.25) is 9.59 Å². The molecule has 2 amide bonds. The quantitative estimate of drug-likeness (QED) is 0.597. The van der Waals surface area contributed by atoms with Crippen molar-refractivity contribution in [2.45, 2.75) is 31.1 Å². The van der Waals surface area contributed by atoms with Crippen LogP contribution < -0.4 is 5.32 Å². The molecule has 6 heteroatoms. The first-order valence-corrected chi connectivity index (χ1v) is 10.00.